The van der Waals surface area contributed by atoms with Crippen LogP contribution < -0.4 is 0 Å². The van der Waals surface area contributed by atoms with Crippen molar-refractivity contribution in [2.45, 2.75) is 0 Å². The van der Waals surface area contributed by atoms with Gasteiger partial charge < -0.3 is 9.40 Å². The third-order valence-electron chi connectivity index (χ3n) is 1.16. The fourth-order valence-corrected chi connectivity index (χ4v) is 0.729. The molecule has 1 N–H and O–H groups in total. The maximum absolute atomic E-state index is 5.00. The highest BCUT2D eigenvalue weighted by atomic mass is 16.3. The second-order valence-electron chi connectivity index (χ2n) is 1.80. The largest absolute Gasteiger partial charge is 0.443 e. The number of aromatic nitrogens is 3. The fourth-order valence-electron chi connectivity index (χ4n) is 0.729. The molecule has 0 aliphatic carbocycles. The van der Waals surface area contributed by atoms with E-state index in [1.54, 1.807) is 18.7 Å². The Labute approximate surface area is 56.9 Å². The average Bonchev–Trinajstić information content (AvgIpc) is 2.59. The van der Waals surface area contributed by atoms with Crippen LogP contribution in [0.3, 0.4) is 0 Å². The molecule has 2 aromatic rings. The quantitative estimate of drug-likeness (QED) is 0.636. The van der Waals surface area contributed by atoms with E-state index in [2.05, 4.69) is 15.0 Å². The summed E-state index contributed by atoms with van der Waals surface area (Å²) in [5, 5.41) is 0. The van der Waals surface area contributed by atoms with Crippen LogP contribution in [0.1, 0.15) is 0 Å². The summed E-state index contributed by atoms with van der Waals surface area (Å²) in [7, 11) is 0. The summed E-state index contributed by atoms with van der Waals surface area (Å²) in [6, 6.07) is 0. The zero-order valence-electron chi connectivity index (χ0n) is 5.11. The van der Waals surface area contributed by atoms with E-state index in [0.29, 0.717) is 5.89 Å². The van der Waals surface area contributed by atoms with E-state index in [9.17, 15) is 0 Å². The monoisotopic (exact) mass is 135 g/mol. The molecule has 10 heavy (non-hydrogen) atoms. The molecule has 0 fully saturated rings. The van der Waals surface area contributed by atoms with Crippen LogP contribution in [-0.4, -0.2) is 15.0 Å². The lowest BCUT2D eigenvalue weighted by Gasteiger charge is -1.83. The molecule has 4 heteroatoms. The molecule has 2 heterocycles. The van der Waals surface area contributed by atoms with Crippen molar-refractivity contribution in [2.24, 2.45) is 0 Å². The van der Waals surface area contributed by atoms with Crippen molar-refractivity contribution in [3.8, 4) is 11.6 Å². The van der Waals surface area contributed by atoms with Crippen molar-refractivity contribution in [3.63, 3.8) is 0 Å². The number of rotatable bonds is 1. The minimum Gasteiger partial charge on any atom is -0.443 e. The first-order valence-corrected chi connectivity index (χ1v) is 2.85. The van der Waals surface area contributed by atoms with Gasteiger partial charge in [0.15, 0.2) is 0 Å². The number of nitrogens with one attached hydrogen (secondary N) is 1. The molecule has 0 bridgehead atoms. The molecule has 4 nitrogen and oxygen atoms in total. The van der Waals surface area contributed by atoms with E-state index in [1.807, 2.05) is 0 Å². The molecule has 0 radical (unpaired) electrons. The zero-order chi connectivity index (χ0) is 6.81. The standard InChI is InChI=1S/C6H5N3O/c1-2-10-6(8-1)5-3-7-4-9-5/h1-4H,(H,7,9). The second kappa shape index (κ2) is 1.98. The Morgan fingerprint density at radius 2 is 2.50 bits per heavy atom. The maximum atomic E-state index is 5.00. The number of aromatic amines is 1. The van der Waals surface area contributed by atoms with Crippen LogP contribution >= 0.6 is 0 Å². The molecule has 0 spiro atoms. The van der Waals surface area contributed by atoms with Crippen LogP contribution in [0.2, 0.25) is 0 Å². The topological polar surface area (TPSA) is 54.7 Å². The van der Waals surface area contributed by atoms with E-state index < -0.39 is 0 Å². The van der Waals surface area contributed by atoms with Crippen molar-refractivity contribution in [2.75, 3.05) is 0 Å². The van der Waals surface area contributed by atoms with Crippen molar-refractivity contribution in [1.82, 2.24) is 15.0 Å². The zero-order valence-corrected chi connectivity index (χ0v) is 5.11. The third kappa shape index (κ3) is 0.699. The maximum Gasteiger partial charge on any atom is 0.244 e. The molecule has 0 amide bonds. The van der Waals surface area contributed by atoms with Crippen molar-refractivity contribution in [1.29, 1.82) is 0 Å². The van der Waals surface area contributed by atoms with Gasteiger partial charge in [0.25, 0.3) is 0 Å². The van der Waals surface area contributed by atoms with Gasteiger partial charge in [-0.15, -0.1) is 0 Å². The summed E-state index contributed by atoms with van der Waals surface area (Å²) in [4.78, 5) is 10.6. The van der Waals surface area contributed by atoms with Gasteiger partial charge in [-0.05, 0) is 0 Å². The molecule has 0 aromatic carbocycles. The highest BCUT2D eigenvalue weighted by Gasteiger charge is 2.00. The lowest BCUT2D eigenvalue weighted by molar-refractivity contribution is 0.572. The summed E-state index contributed by atoms with van der Waals surface area (Å²) in [6.07, 6.45) is 6.36. The molecule has 0 unspecified atom stereocenters. The average molecular weight is 135 g/mol. The minimum atomic E-state index is 0.567. The Bertz CT molecular complexity index is 252. The fraction of sp³-hybridized carbons (Fsp3) is 0. The van der Waals surface area contributed by atoms with Crippen LogP contribution in [0.4, 0.5) is 0 Å². The number of hydrogen-bond acceptors (Lipinski definition) is 3. The summed E-state index contributed by atoms with van der Waals surface area (Å²) < 4.78 is 5.00. The van der Waals surface area contributed by atoms with Crippen LogP contribution in [0, 0.1) is 0 Å². The van der Waals surface area contributed by atoms with Gasteiger partial charge in [-0.1, -0.05) is 0 Å². The first kappa shape index (κ1) is 5.22. The van der Waals surface area contributed by atoms with Gasteiger partial charge in [0, 0.05) is 0 Å². The SMILES string of the molecule is c1coc(-c2cnc[nH]2)n1. The first-order chi connectivity index (χ1) is 4.97. The predicted molar refractivity (Wildman–Crippen MR) is 34.1 cm³/mol. The molecule has 0 atom stereocenters. The molecule has 0 aliphatic rings. The van der Waals surface area contributed by atoms with Crippen LogP contribution in [0.15, 0.2) is 29.4 Å². The highest BCUT2D eigenvalue weighted by Crippen LogP contribution is 2.10. The van der Waals surface area contributed by atoms with E-state index in [0.717, 1.165) is 5.69 Å². The summed E-state index contributed by atoms with van der Waals surface area (Å²) in [5.74, 6) is 0.567. The van der Waals surface area contributed by atoms with Crippen molar-refractivity contribution in [3.05, 3.63) is 25.0 Å². The second-order valence-corrected chi connectivity index (χ2v) is 1.80. The number of hydrogen-bond donors (Lipinski definition) is 1. The number of H-pyrrole nitrogens is 1. The van der Waals surface area contributed by atoms with Gasteiger partial charge in [0.05, 0.1) is 18.7 Å². The number of imidazole rings is 1. The molecule has 2 aromatic heterocycles. The van der Waals surface area contributed by atoms with E-state index in [4.69, 9.17) is 4.42 Å². The Morgan fingerprint density at radius 1 is 1.50 bits per heavy atom. The van der Waals surface area contributed by atoms with Gasteiger partial charge in [-0.2, -0.15) is 0 Å². The Kier molecular flexibility index (Phi) is 1.04. The van der Waals surface area contributed by atoms with E-state index in [-0.39, 0.29) is 0 Å². The van der Waals surface area contributed by atoms with Crippen LogP contribution in [-0.2, 0) is 0 Å². The third-order valence-corrected chi connectivity index (χ3v) is 1.16. The van der Waals surface area contributed by atoms with Gasteiger partial charge in [-0.3, -0.25) is 0 Å². The minimum absolute atomic E-state index is 0.567. The first-order valence-electron chi connectivity index (χ1n) is 2.85. The molecular weight excluding hydrogens is 130 g/mol. The summed E-state index contributed by atoms with van der Waals surface area (Å²) in [6.45, 7) is 0. The van der Waals surface area contributed by atoms with E-state index in [1.165, 1.54) is 6.26 Å². The summed E-state index contributed by atoms with van der Waals surface area (Å²) in [5.41, 5.74) is 0.796. The van der Waals surface area contributed by atoms with E-state index >= 15 is 0 Å². The van der Waals surface area contributed by atoms with Crippen LogP contribution in [0.5, 0.6) is 0 Å². The van der Waals surface area contributed by atoms with Crippen molar-refractivity contribution >= 4 is 0 Å². The smallest absolute Gasteiger partial charge is 0.244 e. The van der Waals surface area contributed by atoms with Gasteiger partial charge in [0.2, 0.25) is 5.89 Å². The van der Waals surface area contributed by atoms with Crippen molar-refractivity contribution < 1.29 is 4.42 Å². The Hall–Kier alpha value is -1.58. The predicted octanol–water partition coefficient (Wildman–Crippen LogP) is 1.06. The van der Waals surface area contributed by atoms with Gasteiger partial charge >= 0.3 is 0 Å². The number of nitrogens with zero attached hydrogens (tertiary/aromatic N) is 2. The molecule has 0 saturated carbocycles. The van der Waals surface area contributed by atoms with Gasteiger partial charge in [0.1, 0.15) is 12.0 Å². The molecule has 50 valence electrons. The Balaban J connectivity index is 2.48. The Morgan fingerprint density at radius 3 is 3.10 bits per heavy atom. The number of oxazole rings is 1. The summed E-state index contributed by atoms with van der Waals surface area (Å²) >= 11 is 0. The lowest BCUT2D eigenvalue weighted by atomic mass is 10.5. The molecule has 0 saturated heterocycles. The van der Waals surface area contributed by atoms with Gasteiger partial charge in [-0.25, -0.2) is 9.97 Å². The normalized spacial score (nSPS) is 10.0. The lowest BCUT2D eigenvalue weighted by Crippen LogP contribution is -1.73. The highest BCUT2D eigenvalue weighted by molar-refractivity contribution is 5.43. The molecular formula is C6H5N3O. The molecule has 0 aliphatic heterocycles. The van der Waals surface area contributed by atoms with Crippen LogP contribution in [0.25, 0.3) is 11.6 Å². The molecule has 2 rings (SSSR count).